The third-order valence-electron chi connectivity index (χ3n) is 12.7. The number of imide groups is 1. The van der Waals surface area contributed by atoms with Crippen LogP contribution in [0, 0.1) is 0 Å². The summed E-state index contributed by atoms with van der Waals surface area (Å²) < 4.78 is 13.6. The standard InChI is InChI=1S/C47H53N11O7/c48-44-42-43(31-13-15-34(16-14-31)65-33-8-2-1-3-9-33)53-58(45(42)51-30-50-44)32-7-5-21-56(27-32)40(60)12-6-20-54-22-24-55(25-23-54)41(61)29-64-26-19-49-37-11-4-10-35-36(37)28-57(47(35)63)38-17-18-39(59)52-46(38)62/h1-4,8-11,13-16,30,32,38,49H,5-7,12,17-29H2,(H2,48,50,51)(H,52,59,62). The fraction of sp³-hybridized carbons (Fsp3) is 0.404. The van der Waals surface area contributed by atoms with Gasteiger partial charge in [0.1, 0.15) is 42.0 Å². The van der Waals surface area contributed by atoms with Crippen LogP contribution >= 0.6 is 0 Å². The molecule has 2 atom stereocenters. The number of hydrogen-bond donors (Lipinski definition) is 3. The lowest BCUT2D eigenvalue weighted by molar-refractivity contribution is -0.138. The lowest BCUT2D eigenvalue weighted by Crippen LogP contribution is -2.52. The van der Waals surface area contributed by atoms with Gasteiger partial charge in [0, 0.05) is 87.6 Å². The Morgan fingerprint density at radius 2 is 1.66 bits per heavy atom. The normalized spacial score (nSPS) is 19.1. The van der Waals surface area contributed by atoms with Crippen molar-refractivity contribution in [1.29, 1.82) is 0 Å². The van der Waals surface area contributed by atoms with Gasteiger partial charge in [0.15, 0.2) is 5.65 Å². The van der Waals surface area contributed by atoms with Gasteiger partial charge < -0.3 is 35.2 Å². The van der Waals surface area contributed by atoms with E-state index in [1.54, 1.807) is 12.1 Å². The van der Waals surface area contributed by atoms with Crippen LogP contribution in [0.25, 0.3) is 22.3 Å². The number of nitrogen functional groups attached to an aromatic ring is 1. The molecule has 18 nitrogen and oxygen atoms in total. The number of likely N-dealkylation sites (tertiary alicyclic amines) is 1. The Labute approximate surface area is 376 Å². The fourth-order valence-electron chi connectivity index (χ4n) is 9.23. The largest absolute Gasteiger partial charge is 0.457 e. The number of hydrogen-bond acceptors (Lipinski definition) is 13. The molecule has 2 unspecified atom stereocenters. The monoisotopic (exact) mass is 883 g/mol. The Kier molecular flexibility index (Phi) is 13.0. The van der Waals surface area contributed by atoms with Gasteiger partial charge in [-0.2, -0.15) is 5.10 Å². The smallest absolute Gasteiger partial charge is 0.255 e. The molecule has 4 aliphatic rings. The summed E-state index contributed by atoms with van der Waals surface area (Å²) in [5.74, 6) is 0.862. The highest BCUT2D eigenvalue weighted by Gasteiger charge is 2.40. The van der Waals surface area contributed by atoms with Gasteiger partial charge in [-0.05, 0) is 80.8 Å². The third-order valence-corrected chi connectivity index (χ3v) is 12.7. The highest BCUT2D eigenvalue weighted by molar-refractivity contribution is 6.06. The number of rotatable bonds is 15. The van der Waals surface area contributed by atoms with Gasteiger partial charge in [-0.15, -0.1) is 0 Å². The van der Waals surface area contributed by atoms with Gasteiger partial charge in [-0.25, -0.2) is 14.6 Å². The van der Waals surface area contributed by atoms with Gasteiger partial charge in [-0.3, -0.25) is 34.2 Å². The molecule has 4 N–H and O–H groups in total. The predicted octanol–water partition coefficient (Wildman–Crippen LogP) is 3.85. The number of piperidine rings is 2. The highest BCUT2D eigenvalue weighted by Crippen LogP contribution is 2.36. The number of anilines is 2. The Morgan fingerprint density at radius 1 is 0.862 bits per heavy atom. The summed E-state index contributed by atoms with van der Waals surface area (Å²) in [6.45, 7) is 5.58. The molecule has 6 heterocycles. The zero-order valence-corrected chi connectivity index (χ0v) is 36.2. The number of carbonyl (C=O) groups is 5. The maximum atomic E-state index is 13.6. The molecule has 3 fully saturated rings. The summed E-state index contributed by atoms with van der Waals surface area (Å²) in [5.41, 5.74) is 10.7. The average molecular weight is 884 g/mol. The topological polar surface area (TPSA) is 210 Å². The van der Waals surface area contributed by atoms with E-state index in [-0.39, 0.29) is 55.8 Å². The number of aromatic nitrogens is 4. The van der Waals surface area contributed by atoms with E-state index in [4.69, 9.17) is 20.3 Å². The number of amides is 5. The van der Waals surface area contributed by atoms with E-state index >= 15 is 0 Å². The minimum Gasteiger partial charge on any atom is -0.457 e. The zero-order chi connectivity index (χ0) is 44.9. The second-order valence-corrected chi connectivity index (χ2v) is 16.9. The van der Waals surface area contributed by atoms with Crippen LogP contribution in [0.2, 0.25) is 0 Å². The lowest BCUT2D eigenvalue weighted by Gasteiger charge is -2.35. The summed E-state index contributed by atoms with van der Waals surface area (Å²) in [6, 6.07) is 22.0. The van der Waals surface area contributed by atoms with Crippen molar-refractivity contribution in [3.05, 3.63) is 90.3 Å². The van der Waals surface area contributed by atoms with Gasteiger partial charge in [-0.1, -0.05) is 24.3 Å². The Hall–Kier alpha value is -6.92. The van der Waals surface area contributed by atoms with Crippen LogP contribution in [0.5, 0.6) is 11.5 Å². The highest BCUT2D eigenvalue weighted by atomic mass is 16.5. The van der Waals surface area contributed by atoms with Gasteiger partial charge in [0.05, 0.1) is 18.0 Å². The molecule has 9 rings (SSSR count). The van der Waals surface area contributed by atoms with Crippen molar-refractivity contribution < 1.29 is 33.4 Å². The number of para-hydroxylation sites is 1. The molecule has 338 valence electrons. The molecule has 3 saturated heterocycles. The molecule has 3 aromatic carbocycles. The molecule has 0 saturated carbocycles. The second-order valence-electron chi connectivity index (χ2n) is 16.9. The van der Waals surface area contributed by atoms with E-state index < -0.39 is 11.9 Å². The maximum absolute atomic E-state index is 13.6. The maximum Gasteiger partial charge on any atom is 0.255 e. The summed E-state index contributed by atoms with van der Waals surface area (Å²) in [7, 11) is 0. The molecular weight excluding hydrogens is 831 g/mol. The van der Waals surface area contributed by atoms with Crippen molar-refractivity contribution >= 4 is 52.1 Å². The van der Waals surface area contributed by atoms with Crippen LogP contribution in [0.1, 0.15) is 60.5 Å². The second kappa shape index (κ2) is 19.4. The van der Waals surface area contributed by atoms with Crippen molar-refractivity contribution in [3.63, 3.8) is 0 Å². The van der Waals surface area contributed by atoms with Crippen molar-refractivity contribution in [1.82, 2.24) is 44.7 Å². The molecule has 0 aliphatic carbocycles. The number of nitrogens with two attached hydrogens (primary N) is 1. The number of ether oxygens (including phenoxy) is 2. The lowest BCUT2D eigenvalue weighted by atomic mass is 10.0. The van der Waals surface area contributed by atoms with Crippen molar-refractivity contribution in [2.45, 2.75) is 57.2 Å². The van der Waals surface area contributed by atoms with E-state index in [9.17, 15) is 24.0 Å². The number of benzene rings is 3. The third kappa shape index (κ3) is 9.63. The minimum absolute atomic E-state index is 0.0324. The first-order valence-electron chi connectivity index (χ1n) is 22.4. The van der Waals surface area contributed by atoms with Crippen LogP contribution in [0.4, 0.5) is 11.5 Å². The summed E-state index contributed by atoms with van der Waals surface area (Å²) in [5, 5.41) is 11.4. The SMILES string of the molecule is Nc1ncnc2c1c(-c1ccc(Oc3ccccc3)cc1)nn2C1CCCN(C(=O)CCCN2CCN(C(=O)COCCNc3cccc4c3CN(C3CCC(=O)NC3=O)C4=O)CC2)C1. The first kappa shape index (κ1) is 43.3. The van der Waals surface area contributed by atoms with Crippen molar-refractivity contribution in [2.75, 3.05) is 76.6 Å². The summed E-state index contributed by atoms with van der Waals surface area (Å²) >= 11 is 0. The van der Waals surface area contributed by atoms with Crippen molar-refractivity contribution in [3.8, 4) is 22.8 Å². The Morgan fingerprint density at radius 3 is 2.46 bits per heavy atom. The molecule has 0 spiro atoms. The minimum atomic E-state index is -0.678. The van der Waals surface area contributed by atoms with E-state index in [1.165, 1.54) is 11.2 Å². The number of carbonyl (C=O) groups excluding carboxylic acids is 5. The summed E-state index contributed by atoms with van der Waals surface area (Å²) in [4.78, 5) is 80.2. The predicted molar refractivity (Wildman–Crippen MR) is 241 cm³/mol. The van der Waals surface area contributed by atoms with Crippen molar-refractivity contribution in [2.24, 2.45) is 0 Å². The van der Waals surface area contributed by atoms with Crippen LogP contribution in [0.15, 0.2) is 79.1 Å². The van der Waals surface area contributed by atoms with Gasteiger partial charge >= 0.3 is 0 Å². The molecule has 5 amide bonds. The van der Waals surface area contributed by atoms with Crippen LogP contribution < -0.4 is 21.1 Å². The molecule has 0 radical (unpaired) electrons. The number of fused-ring (bicyclic) bond motifs is 2. The van der Waals surface area contributed by atoms with E-state index in [2.05, 4.69) is 25.5 Å². The molecule has 65 heavy (non-hydrogen) atoms. The molecule has 18 heteroatoms. The summed E-state index contributed by atoms with van der Waals surface area (Å²) in [6.07, 6.45) is 4.82. The number of nitrogens with one attached hydrogen (secondary N) is 2. The average Bonchev–Trinajstić information content (AvgIpc) is 3.89. The van der Waals surface area contributed by atoms with E-state index in [1.807, 2.05) is 75.1 Å². The first-order chi connectivity index (χ1) is 31.7. The molecule has 5 aromatic rings. The number of nitrogens with zero attached hydrogens (tertiary/aromatic N) is 8. The van der Waals surface area contributed by atoms with Gasteiger partial charge in [0.2, 0.25) is 23.6 Å². The van der Waals surface area contributed by atoms with Gasteiger partial charge in [0.25, 0.3) is 5.91 Å². The number of piperazine rings is 1. The zero-order valence-electron chi connectivity index (χ0n) is 36.2. The Bertz CT molecular complexity index is 2560. The first-order valence-corrected chi connectivity index (χ1v) is 22.4. The quantitative estimate of drug-likeness (QED) is 0.101. The van der Waals surface area contributed by atoms with Crippen LogP contribution in [-0.4, -0.2) is 140 Å². The van der Waals surface area contributed by atoms with Crippen LogP contribution in [0.3, 0.4) is 0 Å². The van der Waals surface area contributed by atoms with E-state index in [0.717, 1.165) is 61.5 Å². The molecule has 0 bridgehead atoms. The Balaban J connectivity index is 0.696. The fourth-order valence-corrected chi connectivity index (χ4v) is 9.23. The molecule has 4 aliphatic heterocycles. The van der Waals surface area contributed by atoms with E-state index in [0.29, 0.717) is 79.4 Å². The van der Waals surface area contributed by atoms with Crippen LogP contribution in [-0.2, 0) is 30.5 Å². The molecule has 2 aromatic heterocycles. The molecular formula is C47H53N11O7.